The van der Waals surface area contributed by atoms with Crippen LogP contribution in [0.25, 0.3) is 0 Å². The van der Waals surface area contributed by atoms with Gasteiger partial charge in [-0.05, 0) is 39.1 Å². The summed E-state index contributed by atoms with van der Waals surface area (Å²) in [5.41, 5.74) is 0.0188. The van der Waals surface area contributed by atoms with E-state index in [-0.39, 0.29) is 12.2 Å². The summed E-state index contributed by atoms with van der Waals surface area (Å²) >= 11 is 0. The molecule has 0 bridgehead atoms. The van der Waals surface area contributed by atoms with E-state index in [9.17, 15) is 4.79 Å². The van der Waals surface area contributed by atoms with Crippen LogP contribution in [0.15, 0.2) is 23.9 Å². The van der Waals surface area contributed by atoms with Gasteiger partial charge in [0.15, 0.2) is 0 Å². The van der Waals surface area contributed by atoms with Crippen molar-refractivity contribution in [2.45, 2.75) is 20.8 Å². The summed E-state index contributed by atoms with van der Waals surface area (Å²) in [6.07, 6.45) is 5.00. The molecule has 88 valence electrons. The Balaban J connectivity index is 4.49. The molecule has 0 atom stereocenters. The van der Waals surface area contributed by atoms with Gasteiger partial charge in [-0.1, -0.05) is 0 Å². The number of ether oxygens (including phenoxy) is 1. The molecule has 0 aliphatic carbocycles. The first-order valence-corrected chi connectivity index (χ1v) is 5.39. The van der Waals surface area contributed by atoms with Gasteiger partial charge in [0, 0.05) is 13.1 Å². The zero-order valence-electron chi connectivity index (χ0n) is 10.1. The number of allylic oxidation sites excluding steroid dienone is 2. The standard InChI is InChI=1S/C12H18N2O2/c1-4-14(5-2)9-7-8-11(10-13)12(15)16-6-3/h7-9H,4-6H2,1-3H3. The van der Waals surface area contributed by atoms with Crippen molar-refractivity contribution in [2.24, 2.45) is 0 Å². The maximum Gasteiger partial charge on any atom is 0.348 e. The quantitative estimate of drug-likeness (QED) is 0.298. The number of hydrogen-bond donors (Lipinski definition) is 0. The highest BCUT2D eigenvalue weighted by Gasteiger charge is 2.07. The zero-order chi connectivity index (χ0) is 12.4. The number of hydrogen-bond acceptors (Lipinski definition) is 4. The van der Waals surface area contributed by atoms with Gasteiger partial charge < -0.3 is 9.64 Å². The first-order valence-electron chi connectivity index (χ1n) is 5.39. The number of carbonyl (C=O) groups excluding carboxylic acids is 1. The van der Waals surface area contributed by atoms with Crippen molar-refractivity contribution in [1.82, 2.24) is 4.90 Å². The van der Waals surface area contributed by atoms with Crippen LogP contribution in [0.1, 0.15) is 20.8 Å². The van der Waals surface area contributed by atoms with Gasteiger partial charge >= 0.3 is 5.97 Å². The van der Waals surface area contributed by atoms with Crippen LogP contribution in [0.5, 0.6) is 0 Å². The Labute approximate surface area is 96.8 Å². The minimum Gasteiger partial charge on any atom is -0.462 e. The Morgan fingerprint density at radius 1 is 1.38 bits per heavy atom. The lowest BCUT2D eigenvalue weighted by Crippen LogP contribution is -2.15. The van der Waals surface area contributed by atoms with Gasteiger partial charge in [-0.15, -0.1) is 0 Å². The van der Waals surface area contributed by atoms with Crippen molar-refractivity contribution in [3.05, 3.63) is 23.9 Å². The largest absolute Gasteiger partial charge is 0.462 e. The van der Waals surface area contributed by atoms with Crippen LogP contribution in [0.3, 0.4) is 0 Å². The lowest BCUT2D eigenvalue weighted by atomic mass is 10.3. The van der Waals surface area contributed by atoms with Gasteiger partial charge in [0.25, 0.3) is 0 Å². The predicted octanol–water partition coefficient (Wildman–Crippen LogP) is 1.85. The molecule has 0 rings (SSSR count). The highest BCUT2D eigenvalue weighted by Crippen LogP contribution is 1.98. The number of carbonyl (C=O) groups is 1. The fraction of sp³-hybridized carbons (Fsp3) is 0.500. The fourth-order valence-electron chi connectivity index (χ4n) is 1.06. The van der Waals surface area contributed by atoms with Gasteiger partial charge in [0.1, 0.15) is 11.6 Å². The maximum atomic E-state index is 11.2. The molecule has 0 radical (unpaired) electrons. The van der Waals surface area contributed by atoms with E-state index < -0.39 is 5.97 Å². The number of nitriles is 1. The Hall–Kier alpha value is -1.76. The fourth-order valence-corrected chi connectivity index (χ4v) is 1.06. The number of esters is 1. The van der Waals surface area contributed by atoms with E-state index in [1.54, 1.807) is 13.0 Å². The Morgan fingerprint density at radius 2 is 2.00 bits per heavy atom. The topological polar surface area (TPSA) is 53.3 Å². The van der Waals surface area contributed by atoms with Crippen LogP contribution in [0, 0.1) is 11.3 Å². The Kier molecular flexibility index (Phi) is 7.60. The van der Waals surface area contributed by atoms with Crippen molar-refractivity contribution < 1.29 is 9.53 Å². The van der Waals surface area contributed by atoms with Gasteiger partial charge in [0.05, 0.1) is 6.61 Å². The van der Waals surface area contributed by atoms with E-state index >= 15 is 0 Å². The lowest BCUT2D eigenvalue weighted by molar-refractivity contribution is -0.138. The molecule has 0 aromatic carbocycles. The van der Waals surface area contributed by atoms with Gasteiger partial charge in [0.2, 0.25) is 0 Å². The summed E-state index contributed by atoms with van der Waals surface area (Å²) in [7, 11) is 0. The zero-order valence-corrected chi connectivity index (χ0v) is 10.1. The van der Waals surface area contributed by atoms with Crippen molar-refractivity contribution in [3.63, 3.8) is 0 Å². The van der Waals surface area contributed by atoms with Crippen molar-refractivity contribution in [1.29, 1.82) is 5.26 Å². The third kappa shape index (κ3) is 5.20. The summed E-state index contributed by atoms with van der Waals surface area (Å²) in [4.78, 5) is 13.3. The van der Waals surface area contributed by atoms with Crippen LogP contribution in [-0.4, -0.2) is 30.6 Å². The summed E-state index contributed by atoms with van der Waals surface area (Å²) < 4.78 is 4.73. The molecule has 4 heteroatoms. The molecule has 0 aliphatic heterocycles. The van der Waals surface area contributed by atoms with Crippen LogP contribution >= 0.6 is 0 Å². The molecule has 0 aliphatic rings. The molecule has 0 saturated heterocycles. The second-order valence-corrected chi connectivity index (χ2v) is 2.98. The van der Waals surface area contributed by atoms with Gasteiger partial charge in [-0.3, -0.25) is 0 Å². The van der Waals surface area contributed by atoms with Crippen LogP contribution in [-0.2, 0) is 9.53 Å². The summed E-state index contributed by atoms with van der Waals surface area (Å²) in [6.45, 7) is 7.84. The SMILES string of the molecule is CCOC(=O)C(C#N)=CC=CN(CC)CC. The minimum absolute atomic E-state index is 0.0188. The minimum atomic E-state index is -0.575. The van der Waals surface area contributed by atoms with E-state index in [2.05, 4.69) is 4.90 Å². The average Bonchev–Trinajstić information content (AvgIpc) is 2.30. The summed E-state index contributed by atoms with van der Waals surface area (Å²) in [5.74, 6) is -0.575. The highest BCUT2D eigenvalue weighted by molar-refractivity contribution is 5.93. The second kappa shape index (κ2) is 8.54. The molecule has 0 spiro atoms. The smallest absolute Gasteiger partial charge is 0.348 e. The monoisotopic (exact) mass is 222 g/mol. The van der Waals surface area contributed by atoms with Gasteiger partial charge in [-0.2, -0.15) is 5.26 Å². The molecule has 4 nitrogen and oxygen atoms in total. The van der Waals surface area contributed by atoms with Gasteiger partial charge in [-0.25, -0.2) is 4.79 Å². The van der Waals surface area contributed by atoms with E-state index in [4.69, 9.17) is 10.00 Å². The number of nitrogens with zero attached hydrogens (tertiary/aromatic N) is 2. The third-order valence-corrected chi connectivity index (χ3v) is 1.99. The molecule has 0 heterocycles. The molecule has 0 aromatic rings. The van der Waals surface area contributed by atoms with E-state index in [0.717, 1.165) is 13.1 Å². The summed E-state index contributed by atoms with van der Waals surface area (Å²) in [6, 6.07) is 1.81. The van der Waals surface area contributed by atoms with Crippen molar-refractivity contribution >= 4 is 5.97 Å². The molecule has 0 saturated carbocycles. The molecule has 0 N–H and O–H groups in total. The number of rotatable bonds is 6. The van der Waals surface area contributed by atoms with Crippen LogP contribution in [0.4, 0.5) is 0 Å². The first-order chi connectivity index (χ1) is 7.69. The second-order valence-electron chi connectivity index (χ2n) is 2.98. The molecule has 0 amide bonds. The molecular formula is C12H18N2O2. The van der Waals surface area contributed by atoms with Crippen molar-refractivity contribution in [3.8, 4) is 6.07 Å². The Morgan fingerprint density at radius 3 is 2.44 bits per heavy atom. The van der Waals surface area contributed by atoms with E-state index in [0.29, 0.717) is 0 Å². The first kappa shape index (κ1) is 14.2. The molecule has 0 aromatic heterocycles. The molecule has 16 heavy (non-hydrogen) atoms. The lowest BCUT2D eigenvalue weighted by Gasteiger charge is -2.13. The average molecular weight is 222 g/mol. The van der Waals surface area contributed by atoms with Crippen LogP contribution < -0.4 is 0 Å². The predicted molar refractivity (Wildman–Crippen MR) is 62.4 cm³/mol. The Bertz CT molecular complexity index is 309. The van der Waals surface area contributed by atoms with Crippen LogP contribution in [0.2, 0.25) is 0 Å². The highest BCUT2D eigenvalue weighted by atomic mass is 16.5. The van der Waals surface area contributed by atoms with E-state index in [1.807, 2.05) is 26.1 Å². The molecule has 0 unspecified atom stereocenters. The maximum absolute atomic E-state index is 11.2. The molecule has 0 fully saturated rings. The molecular weight excluding hydrogens is 204 g/mol. The van der Waals surface area contributed by atoms with E-state index in [1.165, 1.54) is 6.08 Å². The normalized spacial score (nSPS) is 11.2. The third-order valence-electron chi connectivity index (χ3n) is 1.99. The summed E-state index contributed by atoms with van der Waals surface area (Å²) in [5, 5.41) is 8.74. The van der Waals surface area contributed by atoms with Crippen molar-refractivity contribution in [2.75, 3.05) is 19.7 Å².